The molecule has 0 bridgehead atoms. The highest BCUT2D eigenvalue weighted by Gasteiger charge is 2.42. The van der Waals surface area contributed by atoms with Crippen LogP contribution in [-0.4, -0.2) is 13.2 Å². The molecule has 1 aliphatic carbocycles. The first-order valence-electron chi connectivity index (χ1n) is 5.80. The van der Waals surface area contributed by atoms with Gasteiger partial charge in [-0.25, -0.2) is 0 Å². The Morgan fingerprint density at radius 3 is 2.41 bits per heavy atom. The highest BCUT2D eigenvalue weighted by Crippen LogP contribution is 2.48. The molecule has 1 aromatic rings. The molecule has 3 nitrogen and oxygen atoms in total. The number of methoxy groups -OCH3 is 1. The van der Waals surface area contributed by atoms with Crippen molar-refractivity contribution in [3.05, 3.63) is 22.7 Å². The molecule has 0 aliphatic heterocycles. The van der Waals surface area contributed by atoms with Crippen LogP contribution in [0.3, 0.4) is 0 Å². The van der Waals surface area contributed by atoms with E-state index in [0.29, 0.717) is 16.5 Å². The normalized spacial score (nSPS) is 17.1. The molecule has 2 N–H and O–H groups in total. The molecule has 0 atom stereocenters. The van der Waals surface area contributed by atoms with Gasteiger partial charge in [0.05, 0.1) is 13.2 Å². The van der Waals surface area contributed by atoms with Gasteiger partial charge >= 0.3 is 0 Å². The number of hydrogen-bond acceptors (Lipinski definition) is 3. The van der Waals surface area contributed by atoms with Crippen molar-refractivity contribution < 1.29 is 9.47 Å². The van der Waals surface area contributed by atoms with Crippen LogP contribution in [0.15, 0.2) is 12.1 Å². The lowest BCUT2D eigenvalue weighted by atomic mass is 10.1. The number of ether oxygens (including phenoxy) is 2. The Kier molecular flexibility index (Phi) is 3.23. The van der Waals surface area contributed by atoms with Crippen LogP contribution in [0.5, 0.6) is 11.5 Å². The first-order valence-corrected chi connectivity index (χ1v) is 6.17. The second-order valence-electron chi connectivity index (χ2n) is 4.81. The summed E-state index contributed by atoms with van der Waals surface area (Å²) >= 11 is 6.25. The van der Waals surface area contributed by atoms with Gasteiger partial charge in [-0.15, -0.1) is 0 Å². The fourth-order valence-corrected chi connectivity index (χ4v) is 2.17. The minimum absolute atomic E-state index is 0.0820. The van der Waals surface area contributed by atoms with Crippen LogP contribution in [0.4, 0.5) is 0 Å². The van der Waals surface area contributed by atoms with E-state index in [-0.39, 0.29) is 11.6 Å². The Labute approximate surface area is 107 Å². The second kappa shape index (κ2) is 4.39. The molecule has 0 unspecified atom stereocenters. The van der Waals surface area contributed by atoms with Gasteiger partial charge in [0, 0.05) is 16.6 Å². The fraction of sp³-hybridized carbons (Fsp3) is 0.538. The SMILES string of the molecule is COc1cc(C2(N)CC2)c(Cl)cc1OC(C)C. The van der Waals surface area contributed by atoms with E-state index >= 15 is 0 Å². The molecular formula is C13H18ClNO2. The minimum atomic E-state index is -0.263. The van der Waals surface area contributed by atoms with Gasteiger partial charge in [-0.05, 0) is 38.3 Å². The van der Waals surface area contributed by atoms with Crippen molar-refractivity contribution in [2.24, 2.45) is 5.73 Å². The van der Waals surface area contributed by atoms with Crippen molar-refractivity contribution in [1.29, 1.82) is 0 Å². The molecule has 0 aromatic heterocycles. The van der Waals surface area contributed by atoms with Gasteiger partial charge in [-0.1, -0.05) is 11.6 Å². The van der Waals surface area contributed by atoms with Crippen molar-refractivity contribution in [1.82, 2.24) is 0 Å². The third-order valence-corrected chi connectivity index (χ3v) is 3.25. The Morgan fingerprint density at radius 1 is 1.29 bits per heavy atom. The van der Waals surface area contributed by atoms with Gasteiger partial charge in [0.1, 0.15) is 0 Å². The quantitative estimate of drug-likeness (QED) is 0.899. The molecule has 1 saturated carbocycles. The molecule has 1 aliphatic rings. The predicted molar refractivity (Wildman–Crippen MR) is 68.9 cm³/mol. The fourth-order valence-electron chi connectivity index (χ4n) is 1.83. The molecular weight excluding hydrogens is 238 g/mol. The third kappa shape index (κ3) is 2.50. The smallest absolute Gasteiger partial charge is 0.163 e. The van der Waals surface area contributed by atoms with Gasteiger partial charge in [0.25, 0.3) is 0 Å². The number of nitrogens with two attached hydrogens (primary N) is 1. The van der Waals surface area contributed by atoms with E-state index in [0.717, 1.165) is 18.4 Å². The van der Waals surface area contributed by atoms with Gasteiger partial charge in [0.2, 0.25) is 0 Å². The molecule has 0 spiro atoms. The van der Waals surface area contributed by atoms with Crippen molar-refractivity contribution in [3.63, 3.8) is 0 Å². The highest BCUT2D eigenvalue weighted by molar-refractivity contribution is 6.31. The number of rotatable bonds is 4. The van der Waals surface area contributed by atoms with Gasteiger partial charge in [-0.3, -0.25) is 0 Å². The second-order valence-corrected chi connectivity index (χ2v) is 5.21. The third-order valence-electron chi connectivity index (χ3n) is 2.94. The Bertz CT molecular complexity index is 428. The lowest BCUT2D eigenvalue weighted by Crippen LogP contribution is -2.19. The van der Waals surface area contributed by atoms with Crippen molar-refractivity contribution in [2.45, 2.75) is 38.3 Å². The van der Waals surface area contributed by atoms with Crippen LogP contribution in [0.25, 0.3) is 0 Å². The summed E-state index contributed by atoms with van der Waals surface area (Å²) in [5.41, 5.74) is 6.85. The Morgan fingerprint density at radius 2 is 1.94 bits per heavy atom. The monoisotopic (exact) mass is 255 g/mol. The summed E-state index contributed by atoms with van der Waals surface area (Å²) in [7, 11) is 1.62. The zero-order valence-corrected chi connectivity index (χ0v) is 11.2. The lowest BCUT2D eigenvalue weighted by Gasteiger charge is -2.18. The zero-order valence-electron chi connectivity index (χ0n) is 10.4. The van der Waals surface area contributed by atoms with Crippen LogP contribution in [-0.2, 0) is 5.54 Å². The topological polar surface area (TPSA) is 44.5 Å². The van der Waals surface area contributed by atoms with Gasteiger partial charge in [0.15, 0.2) is 11.5 Å². The summed E-state index contributed by atoms with van der Waals surface area (Å²) in [5, 5.41) is 0.654. The van der Waals surface area contributed by atoms with E-state index in [1.54, 1.807) is 13.2 Å². The predicted octanol–water partition coefficient (Wildman–Crippen LogP) is 3.08. The van der Waals surface area contributed by atoms with Crippen molar-refractivity contribution >= 4 is 11.6 Å². The molecule has 0 radical (unpaired) electrons. The summed E-state index contributed by atoms with van der Waals surface area (Å²) in [6.45, 7) is 3.93. The highest BCUT2D eigenvalue weighted by atomic mass is 35.5. The van der Waals surface area contributed by atoms with E-state index < -0.39 is 0 Å². The molecule has 1 fully saturated rings. The number of hydrogen-bond donors (Lipinski definition) is 1. The van der Waals surface area contributed by atoms with E-state index in [2.05, 4.69) is 0 Å². The van der Waals surface area contributed by atoms with E-state index in [1.807, 2.05) is 19.9 Å². The molecule has 2 rings (SSSR count). The maximum absolute atomic E-state index is 6.25. The lowest BCUT2D eigenvalue weighted by molar-refractivity contribution is 0.230. The molecule has 0 saturated heterocycles. The summed E-state index contributed by atoms with van der Waals surface area (Å²) in [4.78, 5) is 0. The molecule has 4 heteroatoms. The maximum atomic E-state index is 6.25. The van der Waals surface area contributed by atoms with Gasteiger partial charge < -0.3 is 15.2 Å². The first kappa shape index (κ1) is 12.5. The van der Waals surface area contributed by atoms with Crippen LogP contribution in [0, 0.1) is 0 Å². The molecule has 0 heterocycles. The van der Waals surface area contributed by atoms with Crippen molar-refractivity contribution in [3.8, 4) is 11.5 Å². The summed E-state index contributed by atoms with van der Waals surface area (Å²) in [6.07, 6.45) is 2.03. The first-order chi connectivity index (χ1) is 7.96. The zero-order chi connectivity index (χ0) is 12.6. The van der Waals surface area contributed by atoms with Gasteiger partial charge in [-0.2, -0.15) is 0 Å². The number of halogens is 1. The standard InChI is InChI=1S/C13H18ClNO2/c1-8(2)17-12-7-10(14)9(6-11(12)16-3)13(15)4-5-13/h6-8H,4-5,15H2,1-3H3. The largest absolute Gasteiger partial charge is 0.493 e. The summed E-state index contributed by atoms with van der Waals surface area (Å²) in [5.74, 6) is 1.36. The average Bonchev–Trinajstić information content (AvgIpc) is 2.96. The minimum Gasteiger partial charge on any atom is -0.493 e. The van der Waals surface area contributed by atoms with Crippen molar-refractivity contribution in [2.75, 3.05) is 7.11 Å². The van der Waals surface area contributed by atoms with E-state index in [1.165, 1.54) is 0 Å². The van der Waals surface area contributed by atoms with Crippen LogP contribution in [0.1, 0.15) is 32.3 Å². The van der Waals surface area contributed by atoms with E-state index in [4.69, 9.17) is 26.8 Å². The summed E-state index contributed by atoms with van der Waals surface area (Å²) < 4.78 is 11.0. The van der Waals surface area contributed by atoms with Crippen LogP contribution in [0.2, 0.25) is 5.02 Å². The molecule has 94 valence electrons. The Balaban J connectivity index is 2.39. The van der Waals surface area contributed by atoms with Crippen LogP contribution >= 0.6 is 11.6 Å². The maximum Gasteiger partial charge on any atom is 0.163 e. The molecule has 17 heavy (non-hydrogen) atoms. The molecule has 1 aromatic carbocycles. The van der Waals surface area contributed by atoms with E-state index in [9.17, 15) is 0 Å². The summed E-state index contributed by atoms with van der Waals surface area (Å²) in [6, 6.07) is 3.69. The van der Waals surface area contributed by atoms with Crippen LogP contribution < -0.4 is 15.2 Å². The number of benzene rings is 1. The Hall–Kier alpha value is -0.930. The average molecular weight is 256 g/mol. The molecule has 0 amide bonds.